The van der Waals surface area contributed by atoms with Crippen molar-refractivity contribution in [1.29, 1.82) is 0 Å². The Morgan fingerprint density at radius 3 is 3.04 bits per heavy atom. The molecule has 0 aliphatic carbocycles. The van der Waals surface area contributed by atoms with Crippen LogP contribution in [0.5, 0.6) is 5.75 Å². The van der Waals surface area contributed by atoms with Gasteiger partial charge in [-0.3, -0.25) is 0 Å². The van der Waals surface area contributed by atoms with Gasteiger partial charge >= 0.3 is 0 Å². The van der Waals surface area contributed by atoms with Crippen molar-refractivity contribution in [2.75, 3.05) is 6.61 Å². The molecule has 1 aromatic heterocycles. The quantitative estimate of drug-likeness (QED) is 0.928. The molecule has 2 atom stereocenters. The minimum absolute atomic E-state index is 0.0780. The van der Waals surface area contributed by atoms with Crippen LogP contribution in [0, 0.1) is 0 Å². The van der Waals surface area contributed by atoms with Crippen molar-refractivity contribution < 1.29 is 9.47 Å². The van der Waals surface area contributed by atoms with E-state index >= 15 is 0 Å². The summed E-state index contributed by atoms with van der Waals surface area (Å²) >= 11 is 0. The average Bonchev–Trinajstić information content (AvgIpc) is 3.14. The highest BCUT2D eigenvalue weighted by atomic mass is 16.5. The SMILES string of the molecule is Cn1cncc1[C@@H]1C[C@H](NCc2ccc3c(c2)CC(C)(C)O3)CCO1. The number of imidazole rings is 1. The van der Waals surface area contributed by atoms with E-state index in [0.717, 1.165) is 43.9 Å². The van der Waals surface area contributed by atoms with E-state index in [1.165, 1.54) is 11.1 Å². The molecule has 0 amide bonds. The van der Waals surface area contributed by atoms with Crippen LogP contribution in [-0.4, -0.2) is 27.8 Å². The molecule has 134 valence electrons. The van der Waals surface area contributed by atoms with E-state index in [1.54, 1.807) is 0 Å². The van der Waals surface area contributed by atoms with E-state index in [2.05, 4.69) is 46.9 Å². The zero-order valence-corrected chi connectivity index (χ0v) is 15.3. The minimum Gasteiger partial charge on any atom is -0.487 e. The van der Waals surface area contributed by atoms with Gasteiger partial charge in [-0.05, 0) is 43.9 Å². The first-order valence-electron chi connectivity index (χ1n) is 9.12. The Labute approximate surface area is 149 Å². The Kier molecular flexibility index (Phi) is 4.29. The highest BCUT2D eigenvalue weighted by molar-refractivity contribution is 5.41. The largest absolute Gasteiger partial charge is 0.487 e. The number of aryl methyl sites for hydroxylation is 1. The van der Waals surface area contributed by atoms with Gasteiger partial charge in [-0.25, -0.2) is 4.98 Å². The summed E-state index contributed by atoms with van der Waals surface area (Å²) in [6, 6.07) is 7.04. The van der Waals surface area contributed by atoms with Gasteiger partial charge in [0.2, 0.25) is 0 Å². The van der Waals surface area contributed by atoms with Gasteiger partial charge in [0.25, 0.3) is 0 Å². The zero-order valence-electron chi connectivity index (χ0n) is 15.3. The number of aromatic nitrogens is 2. The molecule has 5 nitrogen and oxygen atoms in total. The van der Waals surface area contributed by atoms with Gasteiger partial charge in [-0.2, -0.15) is 0 Å². The van der Waals surface area contributed by atoms with Crippen LogP contribution < -0.4 is 10.1 Å². The third-order valence-corrected chi connectivity index (χ3v) is 5.19. The number of hydrogen-bond acceptors (Lipinski definition) is 4. The third kappa shape index (κ3) is 3.58. The number of nitrogens with one attached hydrogen (secondary N) is 1. The summed E-state index contributed by atoms with van der Waals surface area (Å²) in [4.78, 5) is 4.21. The minimum atomic E-state index is -0.0780. The summed E-state index contributed by atoms with van der Waals surface area (Å²) in [5.74, 6) is 1.04. The third-order valence-electron chi connectivity index (χ3n) is 5.19. The maximum atomic E-state index is 5.97. The standard InChI is InChI=1S/C20H27N3O2/c1-20(2)10-15-8-14(4-5-18(15)25-20)11-22-16-6-7-24-19(9-16)17-12-21-13-23(17)3/h4-5,8,12-13,16,19,22H,6-7,9-11H2,1-3H3/t16-,19+/m1/s1. The van der Waals surface area contributed by atoms with Gasteiger partial charge in [-0.15, -0.1) is 0 Å². The van der Waals surface area contributed by atoms with E-state index in [1.807, 2.05) is 19.6 Å². The first-order valence-corrected chi connectivity index (χ1v) is 9.12. The van der Waals surface area contributed by atoms with Gasteiger partial charge in [0.1, 0.15) is 17.5 Å². The maximum Gasteiger partial charge on any atom is 0.123 e. The first-order chi connectivity index (χ1) is 12.0. The van der Waals surface area contributed by atoms with Gasteiger partial charge in [0.05, 0.1) is 18.2 Å². The highest BCUT2D eigenvalue weighted by Gasteiger charge is 2.30. The van der Waals surface area contributed by atoms with E-state index in [9.17, 15) is 0 Å². The fourth-order valence-corrected chi connectivity index (χ4v) is 3.90. The normalized spacial score (nSPS) is 24.8. The second-order valence-corrected chi connectivity index (χ2v) is 7.87. The lowest BCUT2D eigenvalue weighted by Crippen LogP contribution is -2.36. The number of benzene rings is 1. The molecule has 4 rings (SSSR count). The molecule has 0 spiro atoms. The number of nitrogens with zero attached hydrogens (tertiary/aromatic N) is 2. The van der Waals surface area contributed by atoms with E-state index in [-0.39, 0.29) is 11.7 Å². The Bertz CT molecular complexity index is 753. The van der Waals surface area contributed by atoms with Gasteiger partial charge < -0.3 is 19.4 Å². The van der Waals surface area contributed by atoms with Crippen LogP contribution in [0.25, 0.3) is 0 Å². The molecule has 2 aliphatic heterocycles. The lowest BCUT2D eigenvalue weighted by Gasteiger charge is -2.30. The lowest BCUT2D eigenvalue weighted by atomic mass is 9.99. The van der Waals surface area contributed by atoms with E-state index < -0.39 is 0 Å². The van der Waals surface area contributed by atoms with Crippen LogP contribution in [0.2, 0.25) is 0 Å². The van der Waals surface area contributed by atoms with Crippen LogP contribution in [0.4, 0.5) is 0 Å². The summed E-state index contributed by atoms with van der Waals surface area (Å²) < 4.78 is 14.0. The summed E-state index contributed by atoms with van der Waals surface area (Å²) in [5.41, 5.74) is 3.72. The van der Waals surface area contributed by atoms with Crippen LogP contribution in [0.3, 0.4) is 0 Å². The molecule has 2 aromatic rings. The molecule has 1 saturated heterocycles. The first kappa shape index (κ1) is 16.6. The van der Waals surface area contributed by atoms with Crippen LogP contribution >= 0.6 is 0 Å². The van der Waals surface area contributed by atoms with Crippen molar-refractivity contribution in [2.45, 2.75) is 57.4 Å². The molecule has 0 saturated carbocycles. The molecule has 1 aromatic carbocycles. The Hall–Kier alpha value is -1.85. The number of fused-ring (bicyclic) bond motifs is 1. The van der Waals surface area contributed by atoms with Crippen LogP contribution in [-0.2, 0) is 24.8 Å². The highest BCUT2D eigenvalue weighted by Crippen LogP contribution is 2.35. The number of ether oxygens (including phenoxy) is 2. The molecule has 1 N–H and O–H groups in total. The zero-order chi connectivity index (χ0) is 17.4. The molecule has 0 bridgehead atoms. The fraction of sp³-hybridized carbons (Fsp3) is 0.550. The van der Waals surface area contributed by atoms with Crippen molar-refractivity contribution in [3.63, 3.8) is 0 Å². The van der Waals surface area contributed by atoms with Gasteiger partial charge in [0, 0.05) is 32.7 Å². The monoisotopic (exact) mass is 341 g/mol. The second kappa shape index (κ2) is 6.46. The Morgan fingerprint density at radius 2 is 2.24 bits per heavy atom. The summed E-state index contributed by atoms with van der Waals surface area (Å²) in [7, 11) is 2.02. The lowest BCUT2D eigenvalue weighted by molar-refractivity contribution is -0.00404. The van der Waals surface area contributed by atoms with Crippen LogP contribution in [0.15, 0.2) is 30.7 Å². The molecular formula is C20H27N3O2. The molecule has 5 heteroatoms. The van der Waals surface area contributed by atoms with Gasteiger partial charge in [0.15, 0.2) is 0 Å². The fourth-order valence-electron chi connectivity index (χ4n) is 3.90. The predicted molar refractivity (Wildman–Crippen MR) is 96.6 cm³/mol. The molecule has 2 aliphatic rings. The number of hydrogen-bond donors (Lipinski definition) is 1. The molecule has 0 radical (unpaired) electrons. The summed E-state index contributed by atoms with van der Waals surface area (Å²) in [6.07, 6.45) is 6.90. The summed E-state index contributed by atoms with van der Waals surface area (Å²) in [6.45, 7) is 5.97. The molecule has 0 unspecified atom stereocenters. The van der Waals surface area contributed by atoms with Crippen molar-refractivity contribution in [3.8, 4) is 5.75 Å². The van der Waals surface area contributed by atoms with Crippen LogP contribution in [0.1, 0.15) is 49.6 Å². The molecule has 1 fully saturated rings. The van der Waals surface area contributed by atoms with Crippen molar-refractivity contribution in [1.82, 2.24) is 14.9 Å². The maximum absolute atomic E-state index is 5.97. The molecule has 3 heterocycles. The number of rotatable bonds is 4. The predicted octanol–water partition coefficient (Wildman–Crippen LogP) is 3.14. The molecular weight excluding hydrogens is 314 g/mol. The molecule has 25 heavy (non-hydrogen) atoms. The van der Waals surface area contributed by atoms with Crippen molar-refractivity contribution >= 4 is 0 Å². The Morgan fingerprint density at radius 1 is 1.36 bits per heavy atom. The van der Waals surface area contributed by atoms with Crippen molar-refractivity contribution in [2.24, 2.45) is 7.05 Å². The summed E-state index contributed by atoms with van der Waals surface area (Å²) in [5, 5.41) is 3.71. The van der Waals surface area contributed by atoms with Gasteiger partial charge in [-0.1, -0.05) is 12.1 Å². The second-order valence-electron chi connectivity index (χ2n) is 7.87. The van der Waals surface area contributed by atoms with Crippen molar-refractivity contribution in [3.05, 3.63) is 47.5 Å². The Balaban J connectivity index is 1.37. The topological polar surface area (TPSA) is 48.3 Å². The van der Waals surface area contributed by atoms with E-state index in [4.69, 9.17) is 9.47 Å². The van der Waals surface area contributed by atoms with E-state index in [0.29, 0.717) is 6.04 Å². The smallest absolute Gasteiger partial charge is 0.123 e. The average molecular weight is 341 g/mol.